The molecule has 0 amide bonds. The van der Waals surface area contributed by atoms with Crippen molar-refractivity contribution in [1.82, 2.24) is 0 Å². The van der Waals surface area contributed by atoms with Gasteiger partial charge in [0.25, 0.3) is 0 Å². The summed E-state index contributed by atoms with van der Waals surface area (Å²) in [5.41, 5.74) is 10.6. The summed E-state index contributed by atoms with van der Waals surface area (Å²) in [5, 5.41) is 0. The quantitative estimate of drug-likeness (QED) is 0.187. The van der Waals surface area contributed by atoms with Gasteiger partial charge in [0.1, 0.15) is 11.6 Å². The predicted molar refractivity (Wildman–Crippen MR) is 179 cm³/mol. The summed E-state index contributed by atoms with van der Waals surface area (Å²) in [4.78, 5) is 0. The summed E-state index contributed by atoms with van der Waals surface area (Å²) in [6.07, 6.45) is 0. The van der Waals surface area contributed by atoms with Crippen LogP contribution >= 0.6 is 0 Å². The van der Waals surface area contributed by atoms with Crippen LogP contribution in [0.5, 0.6) is 0 Å². The van der Waals surface area contributed by atoms with Crippen LogP contribution in [0.3, 0.4) is 0 Å². The molecule has 0 nitrogen and oxygen atoms in total. The standard InChI is InChI=1S/C42H28F2/c43-41-27-37(23-25-39(41)35-19-15-32(16-20-35)30-9-5-2-6-10-30)38-24-26-40(42(44)28-38)36-21-17-34(18-22-36)33-13-11-31(12-14-33)29-7-3-1-4-8-29/h1-28H. The molecule has 0 N–H and O–H groups in total. The largest absolute Gasteiger partial charge is 0.206 e. The molecule has 0 unspecified atom stereocenters. The van der Waals surface area contributed by atoms with Crippen LogP contribution in [-0.4, -0.2) is 0 Å². The van der Waals surface area contributed by atoms with E-state index in [9.17, 15) is 0 Å². The zero-order valence-electron chi connectivity index (χ0n) is 23.9. The number of hydrogen-bond acceptors (Lipinski definition) is 0. The van der Waals surface area contributed by atoms with Crippen LogP contribution in [0.4, 0.5) is 8.78 Å². The Bertz CT molecular complexity index is 2030. The highest BCUT2D eigenvalue weighted by molar-refractivity contribution is 5.77. The van der Waals surface area contributed by atoms with Gasteiger partial charge in [-0.2, -0.15) is 0 Å². The maximum atomic E-state index is 15.4. The molecule has 0 atom stereocenters. The summed E-state index contributed by atoms with van der Waals surface area (Å²) in [5.74, 6) is -0.685. The van der Waals surface area contributed by atoms with Crippen molar-refractivity contribution in [2.24, 2.45) is 0 Å². The number of rotatable bonds is 6. The van der Waals surface area contributed by atoms with Crippen molar-refractivity contribution in [1.29, 1.82) is 0 Å². The van der Waals surface area contributed by atoms with E-state index < -0.39 is 0 Å². The van der Waals surface area contributed by atoms with Crippen molar-refractivity contribution in [3.63, 3.8) is 0 Å². The first-order valence-electron chi connectivity index (χ1n) is 14.6. The second kappa shape index (κ2) is 11.9. The van der Waals surface area contributed by atoms with Gasteiger partial charge in [0, 0.05) is 11.1 Å². The van der Waals surface area contributed by atoms with E-state index in [2.05, 4.69) is 48.5 Å². The Morgan fingerprint density at radius 2 is 0.477 bits per heavy atom. The topological polar surface area (TPSA) is 0 Å². The van der Waals surface area contributed by atoms with E-state index in [-0.39, 0.29) is 11.6 Å². The van der Waals surface area contributed by atoms with Gasteiger partial charge >= 0.3 is 0 Å². The molecule has 0 aromatic heterocycles. The first kappa shape index (κ1) is 27.2. The van der Waals surface area contributed by atoms with Gasteiger partial charge in [-0.1, -0.05) is 158 Å². The zero-order valence-corrected chi connectivity index (χ0v) is 23.9. The van der Waals surface area contributed by atoms with Crippen LogP contribution in [-0.2, 0) is 0 Å². The Morgan fingerprint density at radius 1 is 0.227 bits per heavy atom. The zero-order chi connectivity index (χ0) is 29.9. The lowest BCUT2D eigenvalue weighted by atomic mass is 9.95. The van der Waals surface area contributed by atoms with Gasteiger partial charge in [-0.3, -0.25) is 0 Å². The van der Waals surface area contributed by atoms with Gasteiger partial charge in [0.2, 0.25) is 0 Å². The Morgan fingerprint density at radius 3 is 0.773 bits per heavy atom. The summed E-state index contributed by atoms with van der Waals surface area (Å²) < 4.78 is 30.7. The fourth-order valence-corrected chi connectivity index (χ4v) is 5.66. The third-order valence-electron chi connectivity index (χ3n) is 8.10. The summed E-state index contributed by atoms with van der Waals surface area (Å²) in [6.45, 7) is 0. The minimum Gasteiger partial charge on any atom is -0.206 e. The average molecular weight is 571 g/mol. The van der Waals surface area contributed by atoms with Crippen LogP contribution in [0.15, 0.2) is 170 Å². The molecule has 7 aromatic carbocycles. The Balaban J connectivity index is 1.08. The molecule has 0 aliphatic rings. The molecule has 7 rings (SSSR count). The van der Waals surface area contributed by atoms with E-state index in [4.69, 9.17) is 0 Å². The Kier molecular flexibility index (Phi) is 7.40. The second-order valence-corrected chi connectivity index (χ2v) is 10.9. The van der Waals surface area contributed by atoms with E-state index in [0.29, 0.717) is 22.3 Å². The van der Waals surface area contributed by atoms with Gasteiger partial charge < -0.3 is 0 Å². The molecule has 0 aliphatic carbocycles. The average Bonchev–Trinajstić information content (AvgIpc) is 3.09. The van der Waals surface area contributed by atoms with E-state index in [1.165, 1.54) is 23.3 Å². The van der Waals surface area contributed by atoms with E-state index in [1.807, 2.05) is 97.1 Å². The maximum Gasteiger partial charge on any atom is 0.131 e. The maximum absolute atomic E-state index is 15.4. The van der Waals surface area contributed by atoms with Gasteiger partial charge in [-0.25, -0.2) is 8.78 Å². The molecule has 0 fully saturated rings. The van der Waals surface area contributed by atoms with Crippen molar-refractivity contribution < 1.29 is 8.78 Å². The van der Waals surface area contributed by atoms with Gasteiger partial charge in [-0.15, -0.1) is 0 Å². The van der Waals surface area contributed by atoms with Crippen LogP contribution in [0.2, 0.25) is 0 Å². The molecule has 7 aromatic rings. The number of benzene rings is 7. The lowest BCUT2D eigenvalue weighted by Crippen LogP contribution is -1.90. The number of halogens is 2. The van der Waals surface area contributed by atoms with Gasteiger partial charge in [-0.05, 0) is 67.8 Å². The number of hydrogen-bond donors (Lipinski definition) is 0. The molecule has 0 heterocycles. The van der Waals surface area contributed by atoms with Crippen LogP contribution in [0.1, 0.15) is 0 Å². The Hall–Kier alpha value is -5.60. The first-order chi connectivity index (χ1) is 21.6. The predicted octanol–water partition coefficient (Wildman–Crippen LogP) is 12.0. The molecule has 0 radical (unpaired) electrons. The van der Waals surface area contributed by atoms with Crippen molar-refractivity contribution in [3.8, 4) is 66.8 Å². The molecule has 0 saturated carbocycles. The minimum absolute atomic E-state index is 0.341. The fraction of sp³-hybridized carbons (Fsp3) is 0. The highest BCUT2D eigenvalue weighted by Crippen LogP contribution is 2.33. The van der Waals surface area contributed by atoms with Crippen LogP contribution in [0, 0.1) is 11.6 Å². The monoisotopic (exact) mass is 570 g/mol. The third kappa shape index (κ3) is 5.58. The van der Waals surface area contributed by atoms with Crippen molar-refractivity contribution >= 4 is 0 Å². The third-order valence-corrected chi connectivity index (χ3v) is 8.10. The molecule has 2 heteroatoms. The van der Waals surface area contributed by atoms with Crippen LogP contribution in [0.25, 0.3) is 66.8 Å². The van der Waals surface area contributed by atoms with Gasteiger partial charge in [0.05, 0.1) is 0 Å². The lowest BCUT2D eigenvalue weighted by Gasteiger charge is -2.11. The molecule has 0 aliphatic heterocycles. The molecule has 0 saturated heterocycles. The highest BCUT2D eigenvalue weighted by atomic mass is 19.1. The van der Waals surface area contributed by atoms with E-state index in [1.54, 1.807) is 12.1 Å². The molecule has 44 heavy (non-hydrogen) atoms. The lowest BCUT2D eigenvalue weighted by molar-refractivity contribution is 0.629. The molecule has 210 valence electrons. The molecule has 0 bridgehead atoms. The van der Waals surface area contributed by atoms with Crippen molar-refractivity contribution in [3.05, 3.63) is 181 Å². The van der Waals surface area contributed by atoms with E-state index >= 15 is 8.78 Å². The van der Waals surface area contributed by atoms with Crippen LogP contribution < -0.4 is 0 Å². The first-order valence-corrected chi connectivity index (χ1v) is 14.6. The smallest absolute Gasteiger partial charge is 0.131 e. The van der Waals surface area contributed by atoms with Crippen molar-refractivity contribution in [2.45, 2.75) is 0 Å². The highest BCUT2D eigenvalue weighted by Gasteiger charge is 2.12. The molecular weight excluding hydrogens is 542 g/mol. The minimum atomic E-state index is -0.344. The molecular formula is C42H28F2. The SMILES string of the molecule is Fc1cc(-c2ccc(-c3ccc(-c4ccc(-c5ccccc5)cc4)cc3)c(F)c2)ccc1-c1ccc(-c2ccccc2)cc1. The fourth-order valence-electron chi connectivity index (χ4n) is 5.66. The normalized spacial score (nSPS) is 11.0. The summed E-state index contributed by atoms with van der Waals surface area (Å²) in [6, 6.07) is 54.8. The van der Waals surface area contributed by atoms with Gasteiger partial charge in [0.15, 0.2) is 0 Å². The van der Waals surface area contributed by atoms with E-state index in [0.717, 1.165) is 33.4 Å². The van der Waals surface area contributed by atoms with Crippen molar-refractivity contribution in [2.75, 3.05) is 0 Å². The summed E-state index contributed by atoms with van der Waals surface area (Å²) in [7, 11) is 0. The Labute approximate surface area is 256 Å². The summed E-state index contributed by atoms with van der Waals surface area (Å²) >= 11 is 0. The second-order valence-electron chi connectivity index (χ2n) is 10.9. The molecule has 0 spiro atoms.